The molecule has 0 bridgehead atoms. The Morgan fingerprint density at radius 2 is 1.80 bits per heavy atom. The summed E-state index contributed by atoms with van der Waals surface area (Å²) in [6.45, 7) is 0.528. The van der Waals surface area contributed by atoms with Crippen molar-refractivity contribution in [3.63, 3.8) is 0 Å². The third kappa shape index (κ3) is 6.28. The molecule has 0 saturated heterocycles. The van der Waals surface area contributed by atoms with Gasteiger partial charge in [-0.25, -0.2) is 4.79 Å². The summed E-state index contributed by atoms with van der Waals surface area (Å²) >= 11 is 0. The highest BCUT2D eigenvalue weighted by atomic mass is 32.2. The average Bonchev–Trinajstić information content (AvgIpc) is 3.21. The molecule has 9 heteroatoms. The number of hydrogen-bond acceptors (Lipinski definition) is 6. The van der Waals surface area contributed by atoms with Crippen LogP contribution in [0.3, 0.4) is 0 Å². The van der Waals surface area contributed by atoms with E-state index in [1.165, 1.54) is 0 Å². The van der Waals surface area contributed by atoms with E-state index in [1.807, 2.05) is 0 Å². The maximum Gasteiger partial charge on any atom is 0.322 e. The predicted octanol–water partition coefficient (Wildman–Crippen LogP) is 3.86. The number of urea groups is 1. The quantitative estimate of drug-likeness (QED) is 0.545. The fourth-order valence-corrected chi connectivity index (χ4v) is 3.20. The number of carbonyl (C=O) groups is 1. The number of nitrogens with one attached hydrogen (secondary N) is 1. The van der Waals surface area contributed by atoms with Gasteiger partial charge >= 0.3 is 16.1 Å². The first-order valence-electron chi connectivity index (χ1n) is 9.03. The van der Waals surface area contributed by atoms with Crippen LogP contribution in [0.2, 0.25) is 0 Å². The Kier molecular flexibility index (Phi) is 6.63. The topological polar surface area (TPSA) is 98.1 Å². The molecule has 0 aliphatic carbocycles. The number of hydrogen-bond donors (Lipinski definition) is 1. The molecule has 1 N–H and O–H groups in total. The molecule has 0 fully saturated rings. The van der Waals surface area contributed by atoms with E-state index in [9.17, 15) is 13.2 Å². The zero-order chi connectivity index (χ0) is 21.6. The van der Waals surface area contributed by atoms with Gasteiger partial charge in [0.05, 0.1) is 26.2 Å². The van der Waals surface area contributed by atoms with Crippen LogP contribution < -0.4 is 14.2 Å². The van der Waals surface area contributed by atoms with Crippen molar-refractivity contribution in [3.8, 4) is 11.5 Å². The SMILES string of the molecule is COc1cccc(NC(=O)N(Cc2ccc(OS(C)(=O)=O)cc2)Cc2ccco2)c1. The van der Waals surface area contributed by atoms with Crippen LogP contribution in [-0.2, 0) is 23.2 Å². The molecule has 3 aromatic rings. The standard InChI is InChI=1S/C21H22N2O6S/c1-27-19-6-3-5-17(13-19)22-21(24)23(15-20-7-4-12-28-20)14-16-8-10-18(11-9-16)29-30(2,25)26/h3-13H,14-15H2,1-2H3,(H,22,24). The Hall–Kier alpha value is -3.46. The average molecular weight is 430 g/mol. The number of rotatable bonds is 8. The summed E-state index contributed by atoms with van der Waals surface area (Å²) in [5.74, 6) is 1.47. The van der Waals surface area contributed by atoms with Crippen molar-refractivity contribution < 1.29 is 26.5 Å². The molecule has 2 amide bonds. The number of nitrogens with zero attached hydrogens (tertiary/aromatic N) is 1. The second-order valence-corrected chi connectivity index (χ2v) is 8.10. The molecular formula is C21H22N2O6S. The van der Waals surface area contributed by atoms with E-state index in [2.05, 4.69) is 5.32 Å². The van der Waals surface area contributed by atoms with Crippen molar-refractivity contribution in [2.45, 2.75) is 13.1 Å². The lowest BCUT2D eigenvalue weighted by Gasteiger charge is -2.22. The van der Waals surface area contributed by atoms with E-state index in [4.69, 9.17) is 13.3 Å². The van der Waals surface area contributed by atoms with Crippen LogP contribution in [0.25, 0.3) is 0 Å². The number of methoxy groups -OCH3 is 1. The molecule has 0 aliphatic heterocycles. The fraction of sp³-hybridized carbons (Fsp3) is 0.190. The molecule has 158 valence electrons. The van der Waals surface area contributed by atoms with Crippen LogP contribution in [0.1, 0.15) is 11.3 Å². The van der Waals surface area contributed by atoms with Gasteiger partial charge < -0.3 is 23.6 Å². The van der Waals surface area contributed by atoms with Gasteiger partial charge in [-0.05, 0) is 42.0 Å². The monoisotopic (exact) mass is 430 g/mol. The predicted molar refractivity (Wildman–Crippen MR) is 112 cm³/mol. The van der Waals surface area contributed by atoms with Crippen LogP contribution in [0.4, 0.5) is 10.5 Å². The van der Waals surface area contributed by atoms with Crippen molar-refractivity contribution in [1.82, 2.24) is 4.90 Å². The van der Waals surface area contributed by atoms with Crippen LogP contribution in [0.5, 0.6) is 11.5 Å². The van der Waals surface area contributed by atoms with Crippen LogP contribution in [0, 0.1) is 0 Å². The van der Waals surface area contributed by atoms with Crippen LogP contribution >= 0.6 is 0 Å². The first kappa shape index (κ1) is 21.3. The molecule has 0 spiro atoms. The zero-order valence-corrected chi connectivity index (χ0v) is 17.4. The van der Waals surface area contributed by atoms with Gasteiger partial charge in [0.2, 0.25) is 0 Å². The van der Waals surface area contributed by atoms with Crippen molar-refractivity contribution in [1.29, 1.82) is 0 Å². The molecule has 30 heavy (non-hydrogen) atoms. The van der Waals surface area contributed by atoms with Gasteiger partial charge in [0.1, 0.15) is 17.3 Å². The Bertz CT molecular complexity index is 1080. The molecule has 0 saturated carbocycles. The smallest absolute Gasteiger partial charge is 0.322 e. The highest BCUT2D eigenvalue weighted by molar-refractivity contribution is 7.86. The Morgan fingerprint density at radius 3 is 2.43 bits per heavy atom. The summed E-state index contributed by atoms with van der Waals surface area (Å²) in [4.78, 5) is 14.5. The van der Waals surface area contributed by atoms with Crippen LogP contribution in [0.15, 0.2) is 71.3 Å². The highest BCUT2D eigenvalue weighted by Crippen LogP contribution is 2.20. The van der Waals surface area contributed by atoms with Gasteiger partial charge in [0, 0.05) is 18.3 Å². The molecule has 0 unspecified atom stereocenters. The summed E-state index contributed by atoms with van der Waals surface area (Å²) in [6, 6.07) is 16.8. The second kappa shape index (κ2) is 9.36. The lowest BCUT2D eigenvalue weighted by atomic mass is 10.2. The first-order valence-corrected chi connectivity index (χ1v) is 10.8. The van der Waals surface area contributed by atoms with E-state index in [-0.39, 0.29) is 24.9 Å². The third-order valence-corrected chi connectivity index (χ3v) is 4.57. The van der Waals surface area contributed by atoms with E-state index in [0.717, 1.165) is 11.8 Å². The molecule has 0 aliphatic rings. The Morgan fingerprint density at radius 1 is 1.03 bits per heavy atom. The molecule has 0 radical (unpaired) electrons. The summed E-state index contributed by atoms with van der Waals surface area (Å²) in [5.41, 5.74) is 1.39. The van der Waals surface area contributed by atoms with Gasteiger partial charge in [-0.3, -0.25) is 0 Å². The van der Waals surface area contributed by atoms with Gasteiger partial charge in [-0.2, -0.15) is 8.42 Å². The van der Waals surface area contributed by atoms with Gasteiger partial charge in [0.15, 0.2) is 0 Å². The number of furan rings is 1. The Labute approximate surface area is 175 Å². The summed E-state index contributed by atoms with van der Waals surface area (Å²) < 4.78 is 37.9. The van der Waals surface area contributed by atoms with Crippen molar-refractivity contribution in [3.05, 3.63) is 78.3 Å². The third-order valence-electron chi connectivity index (χ3n) is 4.08. The maximum atomic E-state index is 12.9. The summed E-state index contributed by atoms with van der Waals surface area (Å²) in [7, 11) is -2.04. The zero-order valence-electron chi connectivity index (χ0n) is 16.6. The van der Waals surface area contributed by atoms with Crippen molar-refractivity contribution in [2.24, 2.45) is 0 Å². The molecule has 0 atom stereocenters. The minimum atomic E-state index is -3.60. The number of ether oxygens (including phenoxy) is 1. The van der Waals surface area contributed by atoms with Gasteiger partial charge in [0.25, 0.3) is 0 Å². The van der Waals surface area contributed by atoms with Crippen molar-refractivity contribution >= 4 is 21.8 Å². The van der Waals surface area contributed by atoms with Crippen LogP contribution in [-0.4, -0.2) is 32.7 Å². The lowest BCUT2D eigenvalue weighted by Crippen LogP contribution is -2.34. The Balaban J connectivity index is 1.75. The summed E-state index contributed by atoms with van der Waals surface area (Å²) in [6.07, 6.45) is 2.53. The van der Waals surface area contributed by atoms with Crippen molar-refractivity contribution in [2.75, 3.05) is 18.7 Å². The second-order valence-electron chi connectivity index (χ2n) is 6.53. The normalized spacial score (nSPS) is 11.0. The molecule has 8 nitrogen and oxygen atoms in total. The molecule has 1 aromatic heterocycles. The number of amides is 2. The van der Waals surface area contributed by atoms with Gasteiger partial charge in [-0.15, -0.1) is 0 Å². The first-order chi connectivity index (χ1) is 14.3. The minimum Gasteiger partial charge on any atom is -0.497 e. The fourth-order valence-electron chi connectivity index (χ4n) is 2.74. The minimum absolute atomic E-state index is 0.208. The molecule has 1 heterocycles. The van der Waals surface area contributed by atoms with E-state index < -0.39 is 10.1 Å². The molecule has 2 aromatic carbocycles. The van der Waals surface area contributed by atoms with Gasteiger partial charge in [-0.1, -0.05) is 18.2 Å². The molecular weight excluding hydrogens is 408 g/mol. The lowest BCUT2D eigenvalue weighted by molar-refractivity contribution is 0.201. The number of anilines is 1. The number of carbonyl (C=O) groups excluding carboxylic acids is 1. The number of benzene rings is 2. The molecule has 3 rings (SSSR count). The largest absolute Gasteiger partial charge is 0.497 e. The van der Waals surface area contributed by atoms with E-state index in [0.29, 0.717) is 17.2 Å². The summed E-state index contributed by atoms with van der Waals surface area (Å²) in [5, 5.41) is 2.85. The van der Waals surface area contributed by atoms with E-state index >= 15 is 0 Å². The highest BCUT2D eigenvalue weighted by Gasteiger charge is 2.17. The maximum absolute atomic E-state index is 12.9. The van der Waals surface area contributed by atoms with E-state index in [1.54, 1.807) is 78.9 Å².